The molecule has 0 saturated carbocycles. The van der Waals surface area contributed by atoms with Crippen LogP contribution in [0.25, 0.3) is 10.8 Å². The molecular formula is C23H29N5OS. The number of aliphatic imine (C=N–C) groups is 1. The summed E-state index contributed by atoms with van der Waals surface area (Å²) in [6.45, 7) is 6.49. The molecule has 3 heterocycles. The number of nitrogens with zero attached hydrogens (tertiary/aromatic N) is 3. The fourth-order valence-corrected chi connectivity index (χ4v) is 4.43. The Morgan fingerprint density at radius 3 is 2.73 bits per heavy atom. The summed E-state index contributed by atoms with van der Waals surface area (Å²) in [5.74, 6) is 1.46. The van der Waals surface area contributed by atoms with Gasteiger partial charge >= 0.3 is 0 Å². The molecule has 0 amide bonds. The van der Waals surface area contributed by atoms with Gasteiger partial charge in [0.2, 0.25) is 5.89 Å². The quantitative estimate of drug-likeness (QED) is 0.418. The molecular weight excluding hydrogens is 394 g/mol. The third kappa shape index (κ3) is 5.29. The van der Waals surface area contributed by atoms with E-state index < -0.39 is 0 Å². The van der Waals surface area contributed by atoms with Crippen molar-refractivity contribution in [2.24, 2.45) is 4.99 Å². The van der Waals surface area contributed by atoms with Gasteiger partial charge < -0.3 is 15.1 Å². The van der Waals surface area contributed by atoms with Gasteiger partial charge in [0.05, 0.1) is 17.5 Å². The molecule has 1 unspecified atom stereocenters. The highest BCUT2D eigenvalue weighted by Crippen LogP contribution is 2.25. The second-order valence-corrected chi connectivity index (χ2v) is 8.31. The van der Waals surface area contributed by atoms with Crippen molar-refractivity contribution in [1.29, 1.82) is 0 Å². The van der Waals surface area contributed by atoms with Crippen LogP contribution in [0.4, 0.5) is 0 Å². The van der Waals surface area contributed by atoms with Gasteiger partial charge in [-0.15, -0.1) is 11.3 Å². The summed E-state index contributed by atoms with van der Waals surface area (Å²) in [5.41, 5.74) is 2.18. The molecule has 0 spiro atoms. The van der Waals surface area contributed by atoms with Crippen molar-refractivity contribution in [3.8, 4) is 10.8 Å². The van der Waals surface area contributed by atoms with E-state index in [0.29, 0.717) is 18.5 Å². The highest BCUT2D eigenvalue weighted by Gasteiger charge is 2.23. The van der Waals surface area contributed by atoms with Crippen molar-refractivity contribution < 1.29 is 4.42 Å². The zero-order valence-electron chi connectivity index (χ0n) is 17.4. The monoisotopic (exact) mass is 423 g/mol. The van der Waals surface area contributed by atoms with Crippen molar-refractivity contribution >= 4 is 17.3 Å². The summed E-state index contributed by atoms with van der Waals surface area (Å²) in [6.07, 6.45) is 4.24. The van der Waals surface area contributed by atoms with E-state index in [4.69, 9.17) is 9.41 Å². The Bertz CT molecular complexity index is 916. The molecule has 7 heteroatoms. The average molecular weight is 424 g/mol. The number of rotatable bonds is 8. The van der Waals surface area contributed by atoms with E-state index >= 15 is 0 Å². The standard InChI is InChI=1S/C23H29N5OS/c1-2-24-23(25-15-19-17-29-22(27-19)21-11-8-14-30-21)26-16-20(28-12-6-7-13-28)18-9-4-3-5-10-18/h3-5,8-11,14,17,20H,2,6-7,12-13,15-16H2,1H3,(H2,24,25,26). The Labute approximate surface area is 182 Å². The molecule has 158 valence electrons. The van der Waals surface area contributed by atoms with Crippen molar-refractivity contribution in [3.63, 3.8) is 0 Å². The molecule has 30 heavy (non-hydrogen) atoms. The highest BCUT2D eigenvalue weighted by atomic mass is 32.1. The van der Waals surface area contributed by atoms with Crippen LogP contribution in [0.5, 0.6) is 0 Å². The first-order chi connectivity index (χ1) is 14.8. The van der Waals surface area contributed by atoms with Crippen LogP contribution in [0.1, 0.15) is 37.1 Å². The molecule has 1 fully saturated rings. The van der Waals surface area contributed by atoms with Crippen LogP contribution in [-0.2, 0) is 6.54 Å². The number of hydrogen-bond donors (Lipinski definition) is 2. The minimum atomic E-state index is 0.343. The number of guanidine groups is 1. The van der Waals surface area contributed by atoms with E-state index in [1.807, 2.05) is 17.5 Å². The summed E-state index contributed by atoms with van der Waals surface area (Å²) in [5, 5.41) is 8.91. The fraction of sp³-hybridized carbons (Fsp3) is 0.391. The van der Waals surface area contributed by atoms with Crippen LogP contribution in [-0.4, -0.2) is 42.0 Å². The molecule has 2 N–H and O–H groups in total. The van der Waals surface area contributed by atoms with Crippen molar-refractivity contribution in [3.05, 3.63) is 65.4 Å². The van der Waals surface area contributed by atoms with Crippen LogP contribution >= 0.6 is 11.3 Å². The number of aromatic nitrogens is 1. The summed E-state index contributed by atoms with van der Waals surface area (Å²) in [6, 6.07) is 15.1. The zero-order chi connectivity index (χ0) is 20.6. The first-order valence-corrected chi connectivity index (χ1v) is 11.5. The third-order valence-electron chi connectivity index (χ3n) is 5.26. The Morgan fingerprint density at radius 2 is 2.00 bits per heavy atom. The smallest absolute Gasteiger partial charge is 0.236 e. The molecule has 0 bridgehead atoms. The normalized spacial score (nSPS) is 16.0. The maximum atomic E-state index is 5.61. The van der Waals surface area contributed by atoms with Crippen LogP contribution in [0.2, 0.25) is 0 Å². The topological polar surface area (TPSA) is 65.7 Å². The van der Waals surface area contributed by atoms with Crippen LogP contribution in [0.15, 0.2) is 63.5 Å². The maximum absolute atomic E-state index is 5.61. The van der Waals surface area contributed by atoms with Gasteiger partial charge in [-0.1, -0.05) is 36.4 Å². The van der Waals surface area contributed by atoms with Crippen molar-refractivity contribution in [1.82, 2.24) is 20.5 Å². The lowest BCUT2D eigenvalue weighted by molar-refractivity contribution is 0.245. The molecule has 1 aliphatic heterocycles. The van der Waals surface area contributed by atoms with E-state index in [1.165, 1.54) is 18.4 Å². The predicted molar refractivity (Wildman–Crippen MR) is 123 cm³/mol. The SMILES string of the molecule is CCNC(=NCc1coc(-c2cccs2)n1)NCC(c1ccccc1)N1CCCC1. The first kappa shape index (κ1) is 20.6. The Balaban J connectivity index is 1.41. The van der Waals surface area contributed by atoms with Gasteiger partial charge in [0.15, 0.2) is 5.96 Å². The number of thiophene rings is 1. The summed E-state index contributed by atoms with van der Waals surface area (Å²) in [7, 11) is 0. The molecule has 4 rings (SSSR count). The minimum Gasteiger partial charge on any atom is -0.443 e. The van der Waals surface area contributed by atoms with Gasteiger partial charge in [0, 0.05) is 13.1 Å². The summed E-state index contributed by atoms with van der Waals surface area (Å²) < 4.78 is 5.61. The van der Waals surface area contributed by atoms with Gasteiger partial charge in [0.25, 0.3) is 0 Å². The van der Waals surface area contributed by atoms with Crippen LogP contribution in [0, 0.1) is 0 Å². The first-order valence-electron chi connectivity index (χ1n) is 10.6. The van der Waals surface area contributed by atoms with Gasteiger partial charge in [-0.25, -0.2) is 9.98 Å². The lowest BCUT2D eigenvalue weighted by Crippen LogP contribution is -2.42. The van der Waals surface area contributed by atoms with Crippen molar-refractivity contribution in [2.75, 3.05) is 26.2 Å². The zero-order valence-corrected chi connectivity index (χ0v) is 18.2. The average Bonchev–Trinajstić information content (AvgIpc) is 3.55. The van der Waals surface area contributed by atoms with Crippen LogP contribution in [0.3, 0.4) is 0 Å². The molecule has 3 aromatic rings. The van der Waals surface area contributed by atoms with Crippen LogP contribution < -0.4 is 10.6 Å². The number of likely N-dealkylation sites (tertiary alicyclic amines) is 1. The van der Waals surface area contributed by atoms with E-state index in [9.17, 15) is 0 Å². The summed E-state index contributed by atoms with van der Waals surface area (Å²) >= 11 is 1.62. The molecule has 1 saturated heterocycles. The lowest BCUT2D eigenvalue weighted by Gasteiger charge is -2.29. The summed E-state index contributed by atoms with van der Waals surface area (Å²) in [4.78, 5) is 12.9. The number of nitrogens with one attached hydrogen (secondary N) is 2. The second kappa shape index (κ2) is 10.4. The van der Waals surface area contributed by atoms with E-state index in [-0.39, 0.29) is 0 Å². The molecule has 0 radical (unpaired) electrons. The van der Waals surface area contributed by atoms with Crippen molar-refractivity contribution in [2.45, 2.75) is 32.4 Å². The Hall–Kier alpha value is -2.64. The second-order valence-electron chi connectivity index (χ2n) is 7.37. The lowest BCUT2D eigenvalue weighted by atomic mass is 10.1. The minimum absolute atomic E-state index is 0.343. The molecule has 1 atom stereocenters. The third-order valence-corrected chi connectivity index (χ3v) is 6.11. The largest absolute Gasteiger partial charge is 0.443 e. The number of hydrogen-bond acceptors (Lipinski definition) is 5. The number of oxazole rings is 1. The highest BCUT2D eigenvalue weighted by molar-refractivity contribution is 7.13. The number of benzene rings is 1. The maximum Gasteiger partial charge on any atom is 0.236 e. The molecule has 1 aromatic carbocycles. The molecule has 6 nitrogen and oxygen atoms in total. The van der Waals surface area contributed by atoms with Gasteiger partial charge in [0.1, 0.15) is 12.0 Å². The predicted octanol–water partition coefficient (Wildman–Crippen LogP) is 4.30. The Kier molecular flexibility index (Phi) is 7.16. The van der Waals surface area contributed by atoms with E-state index in [2.05, 4.69) is 57.8 Å². The van der Waals surface area contributed by atoms with Gasteiger partial charge in [-0.2, -0.15) is 0 Å². The van der Waals surface area contributed by atoms with E-state index in [1.54, 1.807) is 17.6 Å². The molecule has 1 aliphatic rings. The van der Waals surface area contributed by atoms with Gasteiger partial charge in [-0.3, -0.25) is 4.90 Å². The van der Waals surface area contributed by atoms with E-state index in [0.717, 1.165) is 42.7 Å². The Morgan fingerprint density at radius 1 is 1.17 bits per heavy atom. The molecule has 0 aliphatic carbocycles. The fourth-order valence-electron chi connectivity index (χ4n) is 3.77. The molecule has 2 aromatic heterocycles. The van der Waals surface area contributed by atoms with Gasteiger partial charge in [-0.05, 0) is 49.9 Å².